The summed E-state index contributed by atoms with van der Waals surface area (Å²) >= 11 is 0. The molecule has 0 amide bonds. The van der Waals surface area contributed by atoms with Crippen molar-refractivity contribution in [2.45, 2.75) is 98.4 Å². The fourth-order valence-corrected chi connectivity index (χ4v) is 6.45. The van der Waals surface area contributed by atoms with Gasteiger partial charge in [-0.3, -0.25) is 19.1 Å². The van der Waals surface area contributed by atoms with E-state index in [-0.39, 0.29) is 23.7 Å². The summed E-state index contributed by atoms with van der Waals surface area (Å²) in [7, 11) is 0. The molecule has 0 bridgehead atoms. The molecular formula is C29H42O8. The lowest BCUT2D eigenvalue weighted by atomic mass is 9.45. The summed E-state index contributed by atoms with van der Waals surface area (Å²) in [6.45, 7) is 18.5. The van der Waals surface area contributed by atoms with Gasteiger partial charge in [0.15, 0.2) is 0 Å². The number of aliphatic hydroxyl groups excluding tert-OH is 1. The Morgan fingerprint density at radius 1 is 1.22 bits per heavy atom. The number of rotatable bonds is 9. The first-order valence-corrected chi connectivity index (χ1v) is 13.2. The first-order chi connectivity index (χ1) is 17.3. The van der Waals surface area contributed by atoms with Crippen molar-refractivity contribution in [3.63, 3.8) is 0 Å². The summed E-state index contributed by atoms with van der Waals surface area (Å²) in [6, 6.07) is 0. The lowest BCUT2D eigenvalue weighted by Crippen LogP contribution is -2.63. The monoisotopic (exact) mass is 518 g/mol. The van der Waals surface area contributed by atoms with Crippen LogP contribution in [0.5, 0.6) is 0 Å². The predicted molar refractivity (Wildman–Crippen MR) is 137 cm³/mol. The van der Waals surface area contributed by atoms with Gasteiger partial charge in [-0.05, 0) is 55.4 Å². The third kappa shape index (κ3) is 5.28. The van der Waals surface area contributed by atoms with Crippen LogP contribution in [0.1, 0.15) is 73.6 Å². The van der Waals surface area contributed by atoms with Gasteiger partial charge >= 0.3 is 17.9 Å². The van der Waals surface area contributed by atoms with Gasteiger partial charge in [0.25, 0.3) is 0 Å². The number of aliphatic hydroxyl groups is 1. The van der Waals surface area contributed by atoms with Crippen LogP contribution in [0.2, 0.25) is 0 Å². The Morgan fingerprint density at radius 3 is 2.43 bits per heavy atom. The van der Waals surface area contributed by atoms with Gasteiger partial charge in [-0.1, -0.05) is 52.5 Å². The molecule has 1 saturated carbocycles. The van der Waals surface area contributed by atoms with Gasteiger partial charge < -0.3 is 19.3 Å². The Balaban J connectivity index is 2.19. The van der Waals surface area contributed by atoms with Crippen LogP contribution < -0.4 is 0 Å². The van der Waals surface area contributed by atoms with Gasteiger partial charge in [-0.25, -0.2) is 0 Å². The predicted octanol–water partition coefficient (Wildman–Crippen LogP) is 4.62. The van der Waals surface area contributed by atoms with E-state index in [9.17, 15) is 19.5 Å². The highest BCUT2D eigenvalue weighted by molar-refractivity contribution is 5.72. The van der Waals surface area contributed by atoms with Crippen molar-refractivity contribution in [1.29, 1.82) is 0 Å². The summed E-state index contributed by atoms with van der Waals surface area (Å²) in [6.07, 6.45) is 2.45. The van der Waals surface area contributed by atoms with E-state index in [0.717, 1.165) is 12.0 Å². The number of carbonyl (C=O) groups excluding carboxylic acids is 3. The van der Waals surface area contributed by atoms with E-state index in [0.29, 0.717) is 31.3 Å². The minimum absolute atomic E-state index is 0.0757. The highest BCUT2D eigenvalue weighted by atomic mass is 16.8. The largest absolute Gasteiger partial charge is 0.458 e. The fraction of sp³-hybridized carbons (Fsp3) is 0.690. The van der Waals surface area contributed by atoms with E-state index < -0.39 is 47.6 Å². The number of hydrogen-bond acceptors (Lipinski definition) is 8. The zero-order valence-corrected chi connectivity index (χ0v) is 23.0. The molecule has 0 aromatic carbocycles. The molecule has 2 aliphatic carbocycles. The number of hydrogen-bond donors (Lipinski definition) is 1. The van der Waals surface area contributed by atoms with Crippen molar-refractivity contribution >= 4 is 17.9 Å². The van der Waals surface area contributed by atoms with Crippen LogP contribution >= 0.6 is 0 Å². The van der Waals surface area contributed by atoms with Crippen molar-refractivity contribution in [3.05, 3.63) is 36.5 Å². The summed E-state index contributed by atoms with van der Waals surface area (Å²) in [4.78, 5) is 37.0. The molecule has 3 aliphatic rings. The average molecular weight is 519 g/mol. The maximum absolute atomic E-state index is 12.8. The molecule has 3 rings (SSSR count). The summed E-state index contributed by atoms with van der Waals surface area (Å²) in [5.74, 6) is -1.99. The minimum atomic E-state index is -1.18. The zero-order chi connectivity index (χ0) is 27.7. The van der Waals surface area contributed by atoms with Crippen molar-refractivity contribution in [2.24, 2.45) is 28.6 Å². The number of carbonyl (C=O) groups is 3. The minimum Gasteiger partial charge on any atom is -0.458 e. The van der Waals surface area contributed by atoms with Crippen LogP contribution in [-0.4, -0.2) is 47.8 Å². The molecule has 1 saturated heterocycles. The van der Waals surface area contributed by atoms with Crippen molar-refractivity contribution < 1.29 is 38.4 Å². The molecule has 1 N–H and O–H groups in total. The van der Waals surface area contributed by atoms with Crippen LogP contribution in [0.4, 0.5) is 0 Å². The van der Waals surface area contributed by atoms with Crippen LogP contribution in [0.3, 0.4) is 0 Å². The normalized spacial score (nSPS) is 37.3. The van der Waals surface area contributed by atoms with E-state index >= 15 is 0 Å². The molecule has 9 atom stereocenters. The molecule has 0 aromatic rings. The third-order valence-corrected chi connectivity index (χ3v) is 8.95. The summed E-state index contributed by atoms with van der Waals surface area (Å²) < 4.78 is 23.2. The summed E-state index contributed by atoms with van der Waals surface area (Å²) in [5.41, 5.74) is -0.169. The Morgan fingerprint density at radius 2 is 1.86 bits per heavy atom. The lowest BCUT2D eigenvalue weighted by molar-refractivity contribution is -0.254. The van der Waals surface area contributed by atoms with E-state index in [4.69, 9.17) is 18.9 Å². The molecule has 1 heterocycles. The molecule has 0 radical (unpaired) electrons. The van der Waals surface area contributed by atoms with Crippen molar-refractivity contribution in [2.75, 3.05) is 0 Å². The molecule has 37 heavy (non-hydrogen) atoms. The van der Waals surface area contributed by atoms with Crippen LogP contribution in [0, 0.1) is 28.6 Å². The van der Waals surface area contributed by atoms with Gasteiger partial charge in [0.05, 0.1) is 17.4 Å². The van der Waals surface area contributed by atoms with E-state index in [1.165, 1.54) is 13.8 Å². The Labute approximate surface area is 220 Å². The number of ether oxygens (including phenoxy) is 4. The van der Waals surface area contributed by atoms with Gasteiger partial charge in [0.2, 0.25) is 12.6 Å². The average Bonchev–Trinajstić information content (AvgIpc) is 3.12. The third-order valence-electron chi connectivity index (χ3n) is 8.95. The highest BCUT2D eigenvalue weighted by Gasteiger charge is 2.71. The van der Waals surface area contributed by atoms with Gasteiger partial charge in [-0.15, -0.1) is 0 Å². The maximum Gasteiger partial charge on any atom is 0.309 e. The topological polar surface area (TPSA) is 108 Å². The fourth-order valence-electron chi connectivity index (χ4n) is 6.45. The standard InChI is InChI=1S/C29H42O8/c1-9-16(3)11-12-28(8)18(5)13-24(32)29-22(26(34-19(6)30)37-27(29)35-20(7)31)14-21(15-23(28)29)36-25(33)17(4)10-2/h9,14,17-18,21,23-24,26-27,32H,1,3,10-13,15H2,2,4-8H3/t17-,18-,21+,23+,24+,26+,27-,28-,29+/m0/s1. The van der Waals surface area contributed by atoms with E-state index in [1.807, 2.05) is 13.8 Å². The molecule has 206 valence electrons. The van der Waals surface area contributed by atoms with Crippen molar-refractivity contribution in [1.82, 2.24) is 0 Å². The van der Waals surface area contributed by atoms with E-state index in [2.05, 4.69) is 27.0 Å². The van der Waals surface area contributed by atoms with Crippen LogP contribution in [0.25, 0.3) is 0 Å². The highest BCUT2D eigenvalue weighted by Crippen LogP contribution is 2.67. The molecule has 2 fully saturated rings. The lowest BCUT2D eigenvalue weighted by Gasteiger charge is -2.60. The molecule has 0 unspecified atom stereocenters. The Bertz CT molecular complexity index is 969. The van der Waals surface area contributed by atoms with Crippen molar-refractivity contribution in [3.8, 4) is 0 Å². The second kappa shape index (κ2) is 11.1. The van der Waals surface area contributed by atoms with E-state index in [1.54, 1.807) is 12.2 Å². The summed E-state index contributed by atoms with van der Waals surface area (Å²) in [5, 5.41) is 11.7. The zero-order valence-electron chi connectivity index (χ0n) is 23.0. The molecule has 0 aromatic heterocycles. The SMILES string of the molecule is C=CC(=C)CC[C@]1(C)[C@H]2C[C@H](OC(=O)[C@@H](C)CC)C=C3[C@H](OC(C)=O)O[C@H](OC(C)=O)[C@]32[C@H](O)C[C@@H]1C. The van der Waals surface area contributed by atoms with Gasteiger partial charge in [0.1, 0.15) is 6.10 Å². The van der Waals surface area contributed by atoms with Crippen LogP contribution in [-0.2, 0) is 33.3 Å². The number of esters is 3. The van der Waals surface area contributed by atoms with Gasteiger partial charge in [0, 0.05) is 19.4 Å². The molecule has 1 spiro atoms. The molecule has 8 nitrogen and oxygen atoms in total. The molecular weight excluding hydrogens is 476 g/mol. The Hall–Kier alpha value is -2.45. The number of allylic oxidation sites excluding steroid dienone is 2. The second-order valence-electron chi connectivity index (χ2n) is 11.2. The van der Waals surface area contributed by atoms with Crippen LogP contribution in [0.15, 0.2) is 36.5 Å². The maximum atomic E-state index is 12.8. The Kier molecular flexibility index (Phi) is 8.75. The molecule has 1 aliphatic heterocycles. The first-order valence-electron chi connectivity index (χ1n) is 13.2. The first kappa shape index (κ1) is 29.1. The quantitative estimate of drug-likeness (QED) is 0.204. The molecule has 8 heteroatoms. The smallest absolute Gasteiger partial charge is 0.309 e. The second-order valence-corrected chi connectivity index (χ2v) is 11.2. The van der Waals surface area contributed by atoms with Gasteiger partial charge in [-0.2, -0.15) is 0 Å².